The Hall–Kier alpha value is -4.13. The lowest BCUT2D eigenvalue weighted by Gasteiger charge is -2.49. The zero-order valence-corrected chi connectivity index (χ0v) is 18.9. The molecule has 1 saturated heterocycles. The Kier molecular flexibility index (Phi) is 5.53. The molecule has 0 aliphatic carbocycles. The zero-order valence-electron chi connectivity index (χ0n) is 18.9. The summed E-state index contributed by atoms with van der Waals surface area (Å²) in [5, 5.41) is 2.95. The first-order chi connectivity index (χ1) is 16.5. The molecule has 172 valence electrons. The third-order valence-electron chi connectivity index (χ3n) is 6.34. The van der Waals surface area contributed by atoms with Gasteiger partial charge >= 0.3 is 0 Å². The number of carbonyl (C=O) groups is 3. The van der Waals surface area contributed by atoms with Crippen molar-refractivity contribution in [3.05, 3.63) is 90.0 Å². The van der Waals surface area contributed by atoms with E-state index in [1.165, 1.54) is 4.90 Å². The molecule has 1 atom stereocenters. The maximum absolute atomic E-state index is 14.0. The maximum Gasteiger partial charge on any atom is 0.271 e. The fourth-order valence-corrected chi connectivity index (χ4v) is 4.80. The number of amides is 3. The van der Waals surface area contributed by atoms with E-state index in [4.69, 9.17) is 4.74 Å². The van der Waals surface area contributed by atoms with E-state index >= 15 is 0 Å². The predicted octanol–water partition coefficient (Wildman–Crippen LogP) is 4.20. The molecule has 7 heteroatoms. The molecule has 7 nitrogen and oxygen atoms in total. The minimum absolute atomic E-state index is 0.170. The number of anilines is 2. The molecule has 0 aromatic heterocycles. The SMILES string of the molecule is CCOc1ccc(NC(=O)[C@]23CCC(=O)N2c2ccccc2C(=O)N3Cc2ccccc2)cc1. The lowest BCUT2D eigenvalue weighted by molar-refractivity contribution is -0.129. The summed E-state index contributed by atoms with van der Waals surface area (Å²) >= 11 is 0. The van der Waals surface area contributed by atoms with Crippen molar-refractivity contribution >= 4 is 29.1 Å². The average Bonchev–Trinajstić information content (AvgIpc) is 3.22. The number of ether oxygens (including phenoxy) is 1. The molecule has 0 radical (unpaired) electrons. The molecule has 2 aliphatic rings. The number of rotatable bonds is 6. The van der Waals surface area contributed by atoms with E-state index < -0.39 is 11.6 Å². The molecule has 1 fully saturated rings. The molecule has 3 aromatic rings. The van der Waals surface area contributed by atoms with Crippen molar-refractivity contribution < 1.29 is 19.1 Å². The molecule has 2 aliphatic heterocycles. The molecular weight excluding hydrogens is 430 g/mol. The summed E-state index contributed by atoms with van der Waals surface area (Å²) in [5.41, 5.74) is 0.868. The van der Waals surface area contributed by atoms with Crippen LogP contribution in [-0.4, -0.2) is 34.9 Å². The summed E-state index contributed by atoms with van der Waals surface area (Å²) < 4.78 is 5.48. The van der Waals surface area contributed by atoms with Crippen molar-refractivity contribution in [2.45, 2.75) is 32.0 Å². The highest BCUT2D eigenvalue weighted by Gasteiger charge is 2.60. The Balaban J connectivity index is 1.58. The standard InChI is InChI=1S/C27H25N3O4/c1-2-34-21-14-12-20(13-15-21)28-26(33)27-17-16-24(31)30(27)23-11-7-6-10-22(23)25(32)29(27)18-19-8-4-3-5-9-19/h3-15H,2,16-18H2,1H3,(H,28,33)/t27-/m0/s1. The van der Waals surface area contributed by atoms with Crippen molar-refractivity contribution in [1.82, 2.24) is 4.90 Å². The van der Waals surface area contributed by atoms with Crippen LogP contribution in [0.5, 0.6) is 5.75 Å². The smallest absolute Gasteiger partial charge is 0.271 e. The molecular formula is C27H25N3O4. The van der Waals surface area contributed by atoms with Gasteiger partial charge in [0.1, 0.15) is 5.75 Å². The van der Waals surface area contributed by atoms with Crippen LogP contribution >= 0.6 is 0 Å². The third kappa shape index (κ3) is 3.50. The van der Waals surface area contributed by atoms with E-state index in [-0.39, 0.29) is 31.2 Å². The molecule has 3 amide bonds. The Morgan fingerprint density at radius 2 is 1.68 bits per heavy atom. The highest BCUT2D eigenvalue weighted by Crippen LogP contribution is 2.45. The maximum atomic E-state index is 14.0. The number of nitrogens with one attached hydrogen (secondary N) is 1. The lowest BCUT2D eigenvalue weighted by atomic mass is 9.94. The van der Waals surface area contributed by atoms with Gasteiger partial charge in [0.25, 0.3) is 11.8 Å². The fraction of sp³-hybridized carbons (Fsp3) is 0.222. The molecule has 2 heterocycles. The number of carbonyl (C=O) groups excluding carboxylic acids is 3. The van der Waals surface area contributed by atoms with Crippen LogP contribution in [-0.2, 0) is 16.1 Å². The van der Waals surface area contributed by atoms with Crippen LogP contribution in [0.15, 0.2) is 78.9 Å². The first kappa shape index (κ1) is 21.7. The number of fused-ring (bicyclic) bond motifs is 3. The minimum Gasteiger partial charge on any atom is -0.494 e. The summed E-state index contributed by atoms with van der Waals surface area (Å²) in [4.78, 5) is 43.9. The van der Waals surface area contributed by atoms with Gasteiger partial charge < -0.3 is 15.0 Å². The molecule has 0 unspecified atom stereocenters. The van der Waals surface area contributed by atoms with Gasteiger partial charge in [-0.05, 0) is 48.9 Å². The normalized spacial score (nSPS) is 19.0. The monoisotopic (exact) mass is 455 g/mol. The number of hydrogen-bond donors (Lipinski definition) is 1. The fourth-order valence-electron chi connectivity index (χ4n) is 4.80. The van der Waals surface area contributed by atoms with E-state index in [1.54, 1.807) is 53.4 Å². The van der Waals surface area contributed by atoms with Crippen molar-refractivity contribution in [2.75, 3.05) is 16.8 Å². The van der Waals surface area contributed by atoms with Gasteiger partial charge in [0.05, 0.1) is 17.9 Å². The molecule has 3 aromatic carbocycles. The Labute approximate surface area is 197 Å². The van der Waals surface area contributed by atoms with Gasteiger partial charge in [0.15, 0.2) is 0 Å². The largest absolute Gasteiger partial charge is 0.494 e. The summed E-state index contributed by atoms with van der Waals surface area (Å²) in [5.74, 6) is -0.169. The Morgan fingerprint density at radius 1 is 0.971 bits per heavy atom. The van der Waals surface area contributed by atoms with E-state index in [1.807, 2.05) is 37.3 Å². The Bertz CT molecular complexity index is 1240. The van der Waals surface area contributed by atoms with Crippen LogP contribution in [0.3, 0.4) is 0 Å². The number of hydrogen-bond acceptors (Lipinski definition) is 4. The quantitative estimate of drug-likeness (QED) is 0.604. The van der Waals surface area contributed by atoms with Gasteiger partial charge in [-0.1, -0.05) is 42.5 Å². The molecule has 1 N–H and O–H groups in total. The van der Waals surface area contributed by atoms with Crippen LogP contribution in [0, 0.1) is 0 Å². The van der Waals surface area contributed by atoms with Gasteiger partial charge in [-0.3, -0.25) is 19.3 Å². The van der Waals surface area contributed by atoms with E-state index in [2.05, 4.69) is 5.32 Å². The summed E-state index contributed by atoms with van der Waals surface area (Å²) in [6.07, 6.45) is 0.380. The van der Waals surface area contributed by atoms with Crippen LogP contribution in [0.4, 0.5) is 11.4 Å². The molecule has 5 rings (SSSR count). The number of nitrogens with zero attached hydrogens (tertiary/aromatic N) is 2. The second-order valence-corrected chi connectivity index (χ2v) is 8.35. The van der Waals surface area contributed by atoms with Crippen molar-refractivity contribution in [3.8, 4) is 5.75 Å². The first-order valence-electron chi connectivity index (χ1n) is 11.4. The van der Waals surface area contributed by atoms with Crippen LogP contribution in [0.2, 0.25) is 0 Å². The van der Waals surface area contributed by atoms with Crippen LogP contribution < -0.4 is 15.0 Å². The molecule has 0 spiro atoms. The molecule has 0 bridgehead atoms. The first-order valence-corrected chi connectivity index (χ1v) is 11.4. The molecule has 0 saturated carbocycles. The lowest BCUT2D eigenvalue weighted by Crippen LogP contribution is -2.69. The topological polar surface area (TPSA) is 79.0 Å². The molecule has 34 heavy (non-hydrogen) atoms. The average molecular weight is 456 g/mol. The van der Waals surface area contributed by atoms with Crippen molar-refractivity contribution in [3.63, 3.8) is 0 Å². The second kappa shape index (κ2) is 8.67. The summed E-state index contributed by atoms with van der Waals surface area (Å²) in [7, 11) is 0. The van der Waals surface area contributed by atoms with E-state index in [0.29, 0.717) is 29.3 Å². The van der Waals surface area contributed by atoms with Gasteiger partial charge in [-0.15, -0.1) is 0 Å². The predicted molar refractivity (Wildman–Crippen MR) is 128 cm³/mol. The zero-order chi connectivity index (χ0) is 23.7. The number of benzene rings is 3. The summed E-state index contributed by atoms with van der Waals surface area (Å²) in [6.45, 7) is 2.65. The Morgan fingerprint density at radius 3 is 2.41 bits per heavy atom. The van der Waals surface area contributed by atoms with E-state index in [9.17, 15) is 14.4 Å². The number of para-hydroxylation sites is 1. The van der Waals surface area contributed by atoms with Crippen LogP contribution in [0.1, 0.15) is 35.7 Å². The van der Waals surface area contributed by atoms with Crippen molar-refractivity contribution in [1.29, 1.82) is 0 Å². The van der Waals surface area contributed by atoms with E-state index in [0.717, 1.165) is 5.56 Å². The minimum atomic E-state index is -1.46. The highest BCUT2D eigenvalue weighted by molar-refractivity contribution is 6.18. The van der Waals surface area contributed by atoms with Crippen molar-refractivity contribution in [2.24, 2.45) is 0 Å². The second-order valence-electron chi connectivity index (χ2n) is 8.35. The van der Waals surface area contributed by atoms with Gasteiger partial charge in [-0.2, -0.15) is 0 Å². The van der Waals surface area contributed by atoms with Crippen LogP contribution in [0.25, 0.3) is 0 Å². The van der Waals surface area contributed by atoms with Gasteiger partial charge in [0, 0.05) is 25.1 Å². The highest BCUT2D eigenvalue weighted by atomic mass is 16.5. The summed E-state index contributed by atoms with van der Waals surface area (Å²) in [6, 6.07) is 23.5. The third-order valence-corrected chi connectivity index (χ3v) is 6.34. The van der Waals surface area contributed by atoms with Gasteiger partial charge in [0.2, 0.25) is 11.6 Å². The van der Waals surface area contributed by atoms with Gasteiger partial charge in [-0.25, -0.2) is 0 Å².